The van der Waals surface area contributed by atoms with E-state index in [2.05, 4.69) is 20.1 Å². The summed E-state index contributed by atoms with van der Waals surface area (Å²) in [6, 6.07) is 10.0. The maximum atomic E-state index is 13.4. The lowest BCUT2D eigenvalue weighted by molar-refractivity contribution is -0.137. The molecule has 2 aliphatic heterocycles. The third-order valence-electron chi connectivity index (χ3n) is 6.92. The minimum absolute atomic E-state index is 0.152. The van der Waals surface area contributed by atoms with Gasteiger partial charge in [-0.05, 0) is 42.7 Å². The van der Waals surface area contributed by atoms with Crippen LogP contribution in [0.5, 0.6) is 5.75 Å². The minimum atomic E-state index is -4.46. The van der Waals surface area contributed by atoms with Crippen LogP contribution in [-0.4, -0.2) is 38.8 Å². The molecule has 2 unspecified atom stereocenters. The fourth-order valence-electron chi connectivity index (χ4n) is 5.03. The molecule has 5 rings (SSSR count). The van der Waals surface area contributed by atoms with Gasteiger partial charge in [0.25, 0.3) is 0 Å². The first-order valence-electron chi connectivity index (χ1n) is 12.3. The van der Waals surface area contributed by atoms with Gasteiger partial charge in [-0.1, -0.05) is 36.7 Å². The Kier molecular flexibility index (Phi) is 7.02. The maximum absolute atomic E-state index is 13.4. The van der Waals surface area contributed by atoms with Gasteiger partial charge in [0.15, 0.2) is 5.82 Å². The summed E-state index contributed by atoms with van der Waals surface area (Å²) in [5, 5.41) is 12.5. The number of ether oxygens (including phenoxy) is 1. The van der Waals surface area contributed by atoms with E-state index >= 15 is 0 Å². The van der Waals surface area contributed by atoms with Gasteiger partial charge in [-0.15, -0.1) is 10.2 Å². The Labute approximate surface area is 217 Å². The molecule has 7 nitrogen and oxygen atoms in total. The van der Waals surface area contributed by atoms with Gasteiger partial charge in [-0.3, -0.25) is 0 Å². The van der Waals surface area contributed by atoms with Crippen LogP contribution < -0.4 is 10.1 Å². The van der Waals surface area contributed by atoms with E-state index < -0.39 is 17.8 Å². The van der Waals surface area contributed by atoms with Crippen LogP contribution in [0.15, 0.2) is 42.5 Å². The molecule has 2 aromatic carbocycles. The topological polar surface area (TPSA) is 72.3 Å². The van der Waals surface area contributed by atoms with Crippen LogP contribution in [0.25, 0.3) is 0 Å². The highest BCUT2D eigenvalue weighted by Crippen LogP contribution is 2.39. The molecule has 11 heteroatoms. The predicted octanol–water partition coefficient (Wildman–Crippen LogP) is 5.93. The zero-order chi connectivity index (χ0) is 26.2. The first kappa shape index (κ1) is 25.4. The summed E-state index contributed by atoms with van der Waals surface area (Å²) in [7, 11) is 0. The standard InChI is InChI=1S/C26H27ClF3N5O2/c1-2-23-32-33-24(35(23)15-16-5-8-18(27)9-6-16)21-4-3-12-34(21)25(36)31-20-11-13-37-22-14-17(26(28,29)30)7-10-19(20)22/h5-10,14,20-21H,2-4,11-13,15H2,1H3,(H,31,36). The van der Waals surface area contributed by atoms with Gasteiger partial charge in [0.05, 0.1) is 30.8 Å². The van der Waals surface area contributed by atoms with E-state index in [-0.39, 0.29) is 24.4 Å². The molecule has 0 radical (unpaired) electrons. The molecule has 1 N–H and O–H groups in total. The number of alkyl halides is 3. The van der Waals surface area contributed by atoms with E-state index in [1.807, 2.05) is 31.2 Å². The lowest BCUT2D eigenvalue weighted by Crippen LogP contribution is -2.43. The van der Waals surface area contributed by atoms with Crippen LogP contribution in [0.4, 0.5) is 18.0 Å². The van der Waals surface area contributed by atoms with Gasteiger partial charge in [-0.25, -0.2) is 4.79 Å². The molecular weight excluding hydrogens is 507 g/mol. The maximum Gasteiger partial charge on any atom is 0.416 e. The number of likely N-dealkylation sites (tertiary alicyclic amines) is 1. The molecule has 2 aliphatic rings. The molecule has 37 heavy (non-hydrogen) atoms. The predicted molar refractivity (Wildman–Crippen MR) is 131 cm³/mol. The Morgan fingerprint density at radius 3 is 2.68 bits per heavy atom. The Morgan fingerprint density at radius 1 is 1.16 bits per heavy atom. The van der Waals surface area contributed by atoms with Gasteiger partial charge < -0.3 is 19.5 Å². The molecule has 2 atom stereocenters. The summed E-state index contributed by atoms with van der Waals surface area (Å²) >= 11 is 6.04. The average molecular weight is 534 g/mol. The molecule has 0 saturated carbocycles. The first-order valence-corrected chi connectivity index (χ1v) is 12.7. The van der Waals surface area contributed by atoms with Crippen molar-refractivity contribution in [3.63, 3.8) is 0 Å². The zero-order valence-corrected chi connectivity index (χ0v) is 21.0. The van der Waals surface area contributed by atoms with Crippen molar-refractivity contribution in [1.82, 2.24) is 25.0 Å². The number of nitrogens with one attached hydrogen (secondary N) is 1. The third-order valence-corrected chi connectivity index (χ3v) is 7.17. The molecule has 1 fully saturated rings. The van der Waals surface area contributed by atoms with Crippen LogP contribution >= 0.6 is 11.6 Å². The number of halogens is 4. The number of urea groups is 1. The number of benzene rings is 2. The van der Waals surface area contributed by atoms with Gasteiger partial charge in [-0.2, -0.15) is 13.2 Å². The van der Waals surface area contributed by atoms with Gasteiger partial charge in [0, 0.05) is 30.0 Å². The second kappa shape index (κ2) is 10.2. The van der Waals surface area contributed by atoms with E-state index in [1.54, 1.807) is 4.90 Å². The SMILES string of the molecule is CCc1nnc(C2CCCN2C(=O)NC2CCOc3cc(C(F)(F)F)ccc32)n1Cc1ccc(Cl)cc1. The van der Waals surface area contributed by atoms with Crippen LogP contribution in [-0.2, 0) is 19.1 Å². The molecule has 3 aromatic rings. The lowest BCUT2D eigenvalue weighted by atomic mass is 9.98. The number of amides is 2. The number of rotatable bonds is 5. The second-order valence-corrected chi connectivity index (χ2v) is 9.72. The number of aromatic nitrogens is 3. The summed E-state index contributed by atoms with van der Waals surface area (Å²) in [5.41, 5.74) is 0.818. The number of hydrogen-bond donors (Lipinski definition) is 1. The Balaban J connectivity index is 1.36. The van der Waals surface area contributed by atoms with Crippen molar-refractivity contribution in [2.45, 2.75) is 57.4 Å². The second-order valence-electron chi connectivity index (χ2n) is 9.28. The van der Waals surface area contributed by atoms with Crippen molar-refractivity contribution < 1.29 is 22.7 Å². The van der Waals surface area contributed by atoms with Crippen LogP contribution in [0.3, 0.4) is 0 Å². The Hall–Kier alpha value is -3.27. The van der Waals surface area contributed by atoms with Gasteiger partial charge in [0.2, 0.25) is 0 Å². The van der Waals surface area contributed by atoms with Crippen molar-refractivity contribution in [3.8, 4) is 5.75 Å². The third kappa shape index (κ3) is 5.25. The summed E-state index contributed by atoms with van der Waals surface area (Å²) in [6.07, 6.45) is -1.74. The van der Waals surface area contributed by atoms with E-state index in [1.165, 1.54) is 6.07 Å². The van der Waals surface area contributed by atoms with E-state index in [0.717, 1.165) is 42.2 Å². The van der Waals surface area contributed by atoms with E-state index in [9.17, 15) is 18.0 Å². The average Bonchev–Trinajstić information content (AvgIpc) is 3.51. The largest absolute Gasteiger partial charge is 0.493 e. The molecule has 0 bridgehead atoms. The Bertz CT molecular complexity index is 1280. The van der Waals surface area contributed by atoms with Gasteiger partial charge >= 0.3 is 12.2 Å². The summed E-state index contributed by atoms with van der Waals surface area (Å²) < 4.78 is 47.0. The summed E-state index contributed by atoms with van der Waals surface area (Å²) in [4.78, 5) is 15.2. The molecule has 0 aliphatic carbocycles. The van der Waals surface area contributed by atoms with Crippen molar-refractivity contribution in [2.24, 2.45) is 0 Å². The number of carbonyl (C=O) groups excluding carboxylic acids is 1. The molecule has 3 heterocycles. The quantitative estimate of drug-likeness (QED) is 0.441. The highest BCUT2D eigenvalue weighted by Gasteiger charge is 2.37. The summed E-state index contributed by atoms with van der Waals surface area (Å²) in [5.74, 6) is 1.71. The molecule has 2 amide bonds. The summed E-state index contributed by atoms with van der Waals surface area (Å²) in [6.45, 7) is 3.34. The number of aryl methyl sites for hydroxylation is 1. The van der Waals surface area contributed by atoms with Crippen molar-refractivity contribution in [2.75, 3.05) is 13.2 Å². The molecule has 1 saturated heterocycles. The molecule has 196 valence electrons. The molecule has 0 spiro atoms. The van der Waals surface area contributed by atoms with Crippen molar-refractivity contribution in [3.05, 3.63) is 75.8 Å². The fraction of sp³-hybridized carbons (Fsp3) is 0.423. The number of nitrogens with zero attached hydrogens (tertiary/aromatic N) is 4. The zero-order valence-electron chi connectivity index (χ0n) is 20.3. The first-order chi connectivity index (χ1) is 17.7. The smallest absolute Gasteiger partial charge is 0.416 e. The molecule has 1 aromatic heterocycles. The van der Waals surface area contributed by atoms with Crippen molar-refractivity contribution >= 4 is 17.6 Å². The lowest BCUT2D eigenvalue weighted by Gasteiger charge is -2.31. The van der Waals surface area contributed by atoms with Crippen LogP contribution in [0, 0.1) is 0 Å². The highest BCUT2D eigenvalue weighted by molar-refractivity contribution is 6.30. The monoisotopic (exact) mass is 533 g/mol. The van der Waals surface area contributed by atoms with Gasteiger partial charge in [0.1, 0.15) is 11.6 Å². The van der Waals surface area contributed by atoms with Crippen molar-refractivity contribution in [1.29, 1.82) is 0 Å². The fourth-order valence-corrected chi connectivity index (χ4v) is 5.15. The van der Waals surface area contributed by atoms with Crippen LogP contribution in [0.2, 0.25) is 5.02 Å². The molecular formula is C26H27ClF3N5O2. The normalized spacial score (nSPS) is 19.4. The number of carbonyl (C=O) groups is 1. The number of hydrogen-bond acceptors (Lipinski definition) is 4. The highest BCUT2D eigenvalue weighted by atomic mass is 35.5. The van der Waals surface area contributed by atoms with E-state index in [4.69, 9.17) is 16.3 Å². The van der Waals surface area contributed by atoms with E-state index in [0.29, 0.717) is 36.5 Å². The minimum Gasteiger partial charge on any atom is -0.493 e. The van der Waals surface area contributed by atoms with Crippen LogP contribution in [0.1, 0.15) is 66.6 Å². The number of fused-ring (bicyclic) bond motifs is 1. The Morgan fingerprint density at radius 2 is 1.95 bits per heavy atom.